The fourth-order valence-electron chi connectivity index (χ4n) is 2.67. The molecule has 1 aliphatic rings. The first-order valence-electron chi connectivity index (χ1n) is 6.61. The normalized spacial score (nSPS) is 13.9. The van der Waals surface area contributed by atoms with E-state index in [1.165, 1.54) is 5.56 Å². The fourth-order valence-corrected chi connectivity index (χ4v) is 3.36. The Kier molecular flexibility index (Phi) is 3.71. The minimum Gasteiger partial charge on any atom is -0.398 e. The summed E-state index contributed by atoms with van der Waals surface area (Å²) in [5.74, 6) is 0. The molecular formula is C15H14IN3O2. The molecule has 0 radical (unpaired) electrons. The summed E-state index contributed by atoms with van der Waals surface area (Å²) in [4.78, 5) is 12.7. The third-order valence-electron chi connectivity index (χ3n) is 3.80. The monoisotopic (exact) mass is 395 g/mol. The van der Waals surface area contributed by atoms with Crippen LogP contribution in [0.15, 0.2) is 36.4 Å². The van der Waals surface area contributed by atoms with Crippen LogP contribution < -0.4 is 10.6 Å². The number of benzene rings is 2. The summed E-state index contributed by atoms with van der Waals surface area (Å²) in [6.45, 7) is 1.64. The molecule has 0 saturated carbocycles. The van der Waals surface area contributed by atoms with Gasteiger partial charge >= 0.3 is 0 Å². The first kappa shape index (κ1) is 14.1. The summed E-state index contributed by atoms with van der Waals surface area (Å²) in [6.07, 6.45) is 0.938. The second-order valence-corrected chi connectivity index (χ2v) is 6.21. The van der Waals surface area contributed by atoms with Crippen molar-refractivity contribution in [3.05, 3.63) is 61.2 Å². The topological polar surface area (TPSA) is 72.4 Å². The predicted molar refractivity (Wildman–Crippen MR) is 91.4 cm³/mol. The highest BCUT2D eigenvalue weighted by atomic mass is 127. The van der Waals surface area contributed by atoms with Crippen molar-refractivity contribution in [1.82, 2.24) is 0 Å². The van der Waals surface area contributed by atoms with Crippen LogP contribution in [-0.4, -0.2) is 11.5 Å². The number of nitrogen functional groups attached to an aromatic ring is 1. The standard InChI is InChI=1S/C15H14IN3O2/c16-13-8-11(4-5-15(13)19(20)21)18-7-6-10-2-1-3-14(17)12(10)9-18/h1-5,8H,6-7,9,17H2. The number of hydrogen-bond acceptors (Lipinski definition) is 4. The summed E-state index contributed by atoms with van der Waals surface area (Å²) in [5.41, 5.74) is 10.5. The molecule has 0 saturated heterocycles. The van der Waals surface area contributed by atoms with Gasteiger partial charge in [0.25, 0.3) is 5.69 Å². The quantitative estimate of drug-likeness (QED) is 0.367. The molecular weight excluding hydrogens is 381 g/mol. The summed E-state index contributed by atoms with van der Waals surface area (Å²) < 4.78 is 0.655. The Morgan fingerprint density at radius 3 is 2.81 bits per heavy atom. The van der Waals surface area contributed by atoms with Crippen LogP contribution in [-0.2, 0) is 13.0 Å². The lowest BCUT2D eigenvalue weighted by molar-refractivity contribution is -0.385. The van der Waals surface area contributed by atoms with Gasteiger partial charge in [-0.2, -0.15) is 0 Å². The first-order valence-corrected chi connectivity index (χ1v) is 7.69. The van der Waals surface area contributed by atoms with Gasteiger partial charge < -0.3 is 10.6 Å². The number of fused-ring (bicyclic) bond motifs is 1. The average molecular weight is 395 g/mol. The molecule has 5 nitrogen and oxygen atoms in total. The molecule has 21 heavy (non-hydrogen) atoms. The van der Waals surface area contributed by atoms with Gasteiger partial charge in [0.15, 0.2) is 0 Å². The van der Waals surface area contributed by atoms with Crippen LogP contribution in [0.3, 0.4) is 0 Å². The van der Waals surface area contributed by atoms with Gasteiger partial charge in [-0.25, -0.2) is 0 Å². The molecule has 0 bridgehead atoms. The maximum absolute atomic E-state index is 10.9. The second kappa shape index (κ2) is 5.51. The molecule has 0 atom stereocenters. The number of halogens is 1. The van der Waals surface area contributed by atoms with E-state index in [1.54, 1.807) is 6.07 Å². The molecule has 0 amide bonds. The van der Waals surface area contributed by atoms with Crippen molar-refractivity contribution in [2.45, 2.75) is 13.0 Å². The lowest BCUT2D eigenvalue weighted by atomic mass is 9.98. The first-order chi connectivity index (χ1) is 10.1. The Labute approximate surface area is 136 Å². The molecule has 0 aromatic heterocycles. The molecule has 0 unspecified atom stereocenters. The molecule has 0 fully saturated rings. The van der Waals surface area contributed by atoms with E-state index in [4.69, 9.17) is 5.73 Å². The van der Waals surface area contributed by atoms with E-state index in [9.17, 15) is 10.1 Å². The highest BCUT2D eigenvalue weighted by Crippen LogP contribution is 2.31. The van der Waals surface area contributed by atoms with E-state index < -0.39 is 0 Å². The van der Waals surface area contributed by atoms with Crippen LogP contribution in [0.4, 0.5) is 17.1 Å². The Morgan fingerprint density at radius 1 is 1.29 bits per heavy atom. The van der Waals surface area contributed by atoms with E-state index in [1.807, 2.05) is 46.9 Å². The number of nitrogens with zero attached hydrogens (tertiary/aromatic N) is 2. The lowest BCUT2D eigenvalue weighted by Crippen LogP contribution is -2.31. The maximum atomic E-state index is 10.9. The number of nitro benzene ring substituents is 1. The molecule has 2 N–H and O–H groups in total. The number of anilines is 2. The summed E-state index contributed by atoms with van der Waals surface area (Å²) >= 11 is 2.01. The van der Waals surface area contributed by atoms with Crippen LogP contribution >= 0.6 is 22.6 Å². The van der Waals surface area contributed by atoms with Crippen molar-refractivity contribution in [2.75, 3.05) is 17.2 Å². The smallest absolute Gasteiger partial charge is 0.282 e. The highest BCUT2D eigenvalue weighted by molar-refractivity contribution is 14.1. The zero-order valence-electron chi connectivity index (χ0n) is 11.3. The van der Waals surface area contributed by atoms with Crippen LogP contribution in [0, 0.1) is 13.7 Å². The third kappa shape index (κ3) is 2.67. The van der Waals surface area contributed by atoms with E-state index >= 15 is 0 Å². The van der Waals surface area contributed by atoms with Crippen LogP contribution in [0.5, 0.6) is 0 Å². The minimum atomic E-state index is -0.352. The van der Waals surface area contributed by atoms with Gasteiger partial charge in [-0.1, -0.05) is 12.1 Å². The number of hydrogen-bond donors (Lipinski definition) is 1. The minimum absolute atomic E-state index is 0.149. The van der Waals surface area contributed by atoms with Crippen molar-refractivity contribution in [2.24, 2.45) is 0 Å². The van der Waals surface area contributed by atoms with Gasteiger partial charge in [0, 0.05) is 30.5 Å². The van der Waals surface area contributed by atoms with Gasteiger partial charge in [-0.3, -0.25) is 10.1 Å². The molecule has 0 aliphatic carbocycles. The summed E-state index contributed by atoms with van der Waals surface area (Å²) in [7, 11) is 0. The predicted octanol–water partition coefficient (Wildman–Crippen LogP) is 3.34. The van der Waals surface area contributed by atoms with E-state index in [0.717, 1.165) is 36.4 Å². The zero-order chi connectivity index (χ0) is 15.0. The van der Waals surface area contributed by atoms with Crippen LogP contribution in [0.1, 0.15) is 11.1 Å². The molecule has 0 spiro atoms. The SMILES string of the molecule is Nc1cccc2c1CN(c1ccc([N+](=O)[O-])c(I)c1)CC2. The summed E-state index contributed by atoms with van der Waals surface area (Å²) in [5, 5.41) is 10.9. The van der Waals surface area contributed by atoms with Gasteiger partial charge in [-0.15, -0.1) is 0 Å². The second-order valence-electron chi connectivity index (χ2n) is 5.05. The molecule has 2 aromatic carbocycles. The van der Waals surface area contributed by atoms with Gasteiger partial charge in [-0.05, 0) is 58.3 Å². The molecule has 1 heterocycles. The maximum Gasteiger partial charge on any atom is 0.282 e. The molecule has 1 aliphatic heterocycles. The lowest BCUT2D eigenvalue weighted by Gasteiger charge is -2.31. The highest BCUT2D eigenvalue weighted by Gasteiger charge is 2.20. The van der Waals surface area contributed by atoms with Crippen LogP contribution in [0.25, 0.3) is 0 Å². The zero-order valence-corrected chi connectivity index (χ0v) is 13.4. The number of rotatable bonds is 2. The summed E-state index contributed by atoms with van der Waals surface area (Å²) in [6, 6.07) is 11.3. The number of nitro groups is 1. The van der Waals surface area contributed by atoms with Crippen molar-refractivity contribution in [1.29, 1.82) is 0 Å². The largest absolute Gasteiger partial charge is 0.398 e. The molecule has 3 rings (SSSR count). The Morgan fingerprint density at radius 2 is 2.10 bits per heavy atom. The van der Waals surface area contributed by atoms with E-state index in [0.29, 0.717) is 3.57 Å². The Bertz CT molecular complexity index is 718. The van der Waals surface area contributed by atoms with Crippen molar-refractivity contribution in [3.63, 3.8) is 0 Å². The van der Waals surface area contributed by atoms with Gasteiger partial charge in [0.2, 0.25) is 0 Å². The Hall–Kier alpha value is -1.83. The molecule has 6 heteroatoms. The van der Waals surface area contributed by atoms with Gasteiger partial charge in [0.05, 0.1) is 8.49 Å². The number of nitrogens with two attached hydrogens (primary N) is 1. The fraction of sp³-hybridized carbons (Fsp3) is 0.200. The molecule has 108 valence electrons. The third-order valence-corrected chi connectivity index (χ3v) is 4.67. The van der Waals surface area contributed by atoms with Crippen molar-refractivity contribution >= 4 is 39.7 Å². The van der Waals surface area contributed by atoms with Crippen molar-refractivity contribution in [3.8, 4) is 0 Å². The van der Waals surface area contributed by atoms with E-state index in [-0.39, 0.29) is 10.6 Å². The Balaban J connectivity index is 1.91. The average Bonchev–Trinajstić information content (AvgIpc) is 2.47. The van der Waals surface area contributed by atoms with Crippen molar-refractivity contribution < 1.29 is 4.92 Å². The van der Waals surface area contributed by atoms with Gasteiger partial charge in [0.1, 0.15) is 0 Å². The van der Waals surface area contributed by atoms with E-state index in [2.05, 4.69) is 11.0 Å². The van der Waals surface area contributed by atoms with Crippen LogP contribution in [0.2, 0.25) is 0 Å². The molecule has 2 aromatic rings.